The van der Waals surface area contributed by atoms with E-state index in [9.17, 15) is 4.79 Å². The van der Waals surface area contributed by atoms with Crippen molar-refractivity contribution in [1.29, 1.82) is 0 Å². The molecule has 5 heteroatoms. The van der Waals surface area contributed by atoms with Crippen LogP contribution < -0.4 is 5.73 Å². The van der Waals surface area contributed by atoms with Gasteiger partial charge < -0.3 is 10.6 Å². The number of amides is 1. The first-order valence-corrected chi connectivity index (χ1v) is 4.53. The first-order chi connectivity index (χ1) is 6.57. The molecule has 5 nitrogen and oxygen atoms in total. The van der Waals surface area contributed by atoms with E-state index in [1.807, 2.05) is 6.92 Å². The lowest BCUT2D eigenvalue weighted by atomic mass is 10.2. The van der Waals surface area contributed by atoms with E-state index in [0.717, 1.165) is 0 Å². The summed E-state index contributed by atoms with van der Waals surface area (Å²) < 4.78 is 1.56. The van der Waals surface area contributed by atoms with Gasteiger partial charge in [-0.15, -0.1) is 0 Å². The van der Waals surface area contributed by atoms with E-state index in [1.165, 1.54) is 0 Å². The van der Waals surface area contributed by atoms with E-state index in [2.05, 4.69) is 5.10 Å². The summed E-state index contributed by atoms with van der Waals surface area (Å²) >= 11 is 0. The second-order valence-corrected chi connectivity index (χ2v) is 3.34. The lowest BCUT2D eigenvalue weighted by Crippen LogP contribution is -2.40. The van der Waals surface area contributed by atoms with Gasteiger partial charge in [-0.05, 0) is 13.0 Å². The molecule has 1 amide bonds. The number of nitrogens with two attached hydrogens (primary N) is 1. The highest BCUT2D eigenvalue weighted by Crippen LogP contribution is 2.04. The Morgan fingerprint density at radius 3 is 2.86 bits per heavy atom. The van der Waals surface area contributed by atoms with Crippen LogP contribution in [0.1, 0.15) is 17.4 Å². The minimum atomic E-state index is -0.0528. The van der Waals surface area contributed by atoms with E-state index >= 15 is 0 Å². The molecule has 1 unspecified atom stereocenters. The third kappa shape index (κ3) is 1.93. The van der Waals surface area contributed by atoms with Crippen LogP contribution in [-0.4, -0.2) is 40.2 Å². The number of carbonyl (C=O) groups is 1. The van der Waals surface area contributed by atoms with Crippen LogP contribution >= 0.6 is 0 Å². The fourth-order valence-electron chi connectivity index (χ4n) is 1.12. The molecule has 0 saturated carbocycles. The summed E-state index contributed by atoms with van der Waals surface area (Å²) in [6, 6.07) is 1.74. The average Bonchev–Trinajstić information content (AvgIpc) is 2.61. The molecule has 2 N–H and O–H groups in total. The average molecular weight is 196 g/mol. The summed E-state index contributed by atoms with van der Waals surface area (Å²) in [5, 5.41) is 3.94. The van der Waals surface area contributed by atoms with Gasteiger partial charge in [0.1, 0.15) is 5.69 Å². The molecule has 0 aliphatic rings. The number of aromatic nitrogens is 2. The molecule has 0 fully saturated rings. The Morgan fingerprint density at radius 1 is 1.79 bits per heavy atom. The fraction of sp³-hybridized carbons (Fsp3) is 0.556. The number of nitrogens with zero attached hydrogens (tertiary/aromatic N) is 3. The molecule has 78 valence electrons. The highest BCUT2D eigenvalue weighted by Gasteiger charge is 2.18. The second-order valence-electron chi connectivity index (χ2n) is 3.34. The van der Waals surface area contributed by atoms with Gasteiger partial charge in [0.15, 0.2) is 0 Å². The topological polar surface area (TPSA) is 64.2 Å². The van der Waals surface area contributed by atoms with E-state index in [4.69, 9.17) is 5.73 Å². The Balaban J connectivity index is 2.81. The zero-order valence-electron chi connectivity index (χ0n) is 8.77. The van der Waals surface area contributed by atoms with E-state index < -0.39 is 0 Å². The van der Waals surface area contributed by atoms with Gasteiger partial charge in [-0.25, -0.2) is 0 Å². The molecule has 0 bridgehead atoms. The monoisotopic (exact) mass is 196 g/mol. The Hall–Kier alpha value is -1.36. The van der Waals surface area contributed by atoms with Gasteiger partial charge in [-0.2, -0.15) is 5.10 Å². The Labute approximate surface area is 83.5 Å². The summed E-state index contributed by atoms with van der Waals surface area (Å²) in [6.45, 7) is 2.37. The highest BCUT2D eigenvalue weighted by molar-refractivity contribution is 5.92. The number of carbonyl (C=O) groups excluding carboxylic acids is 1. The highest BCUT2D eigenvalue weighted by atomic mass is 16.2. The van der Waals surface area contributed by atoms with Crippen molar-refractivity contribution in [3.63, 3.8) is 0 Å². The molecule has 1 atom stereocenters. The van der Waals surface area contributed by atoms with E-state index in [0.29, 0.717) is 12.2 Å². The third-order valence-electron chi connectivity index (χ3n) is 2.36. The molecule has 1 heterocycles. The zero-order chi connectivity index (χ0) is 10.7. The van der Waals surface area contributed by atoms with Crippen LogP contribution in [0.4, 0.5) is 0 Å². The van der Waals surface area contributed by atoms with Crippen molar-refractivity contribution in [3.8, 4) is 0 Å². The molecule has 0 aliphatic heterocycles. The summed E-state index contributed by atoms with van der Waals surface area (Å²) in [7, 11) is 3.49. The van der Waals surface area contributed by atoms with Crippen LogP contribution in [0.25, 0.3) is 0 Å². The molecule has 1 aromatic heterocycles. The smallest absolute Gasteiger partial charge is 0.272 e. The standard InChI is InChI=1S/C9H16N4O/c1-7(6-10)12(2)9(14)8-4-5-11-13(8)3/h4-5,7H,6,10H2,1-3H3. The normalized spacial score (nSPS) is 12.6. The summed E-state index contributed by atoms with van der Waals surface area (Å²) in [5.41, 5.74) is 6.06. The first kappa shape index (κ1) is 10.7. The lowest BCUT2D eigenvalue weighted by molar-refractivity contribution is 0.0737. The molecule has 14 heavy (non-hydrogen) atoms. The molecule has 0 radical (unpaired) electrons. The molecular formula is C9H16N4O. The van der Waals surface area contributed by atoms with Crippen LogP contribution in [0.2, 0.25) is 0 Å². The predicted octanol–water partition coefficient (Wildman–Crippen LogP) is -0.161. The first-order valence-electron chi connectivity index (χ1n) is 4.53. The van der Waals surface area contributed by atoms with E-state index in [-0.39, 0.29) is 11.9 Å². The van der Waals surface area contributed by atoms with Crippen LogP contribution in [0.15, 0.2) is 12.3 Å². The summed E-state index contributed by atoms with van der Waals surface area (Å²) in [4.78, 5) is 13.5. The van der Waals surface area contributed by atoms with Crippen molar-refractivity contribution in [2.45, 2.75) is 13.0 Å². The van der Waals surface area contributed by atoms with Crippen LogP contribution in [0.5, 0.6) is 0 Å². The number of likely N-dealkylation sites (N-methyl/N-ethyl adjacent to an activating group) is 1. The van der Waals surface area contributed by atoms with Gasteiger partial charge in [0.05, 0.1) is 0 Å². The van der Waals surface area contributed by atoms with Crippen LogP contribution in [-0.2, 0) is 7.05 Å². The predicted molar refractivity (Wildman–Crippen MR) is 53.8 cm³/mol. The second kappa shape index (κ2) is 4.23. The number of aryl methyl sites for hydroxylation is 1. The number of hydrogen-bond acceptors (Lipinski definition) is 3. The molecule has 0 aliphatic carbocycles. The van der Waals surface area contributed by atoms with Gasteiger partial charge in [0.2, 0.25) is 0 Å². The van der Waals surface area contributed by atoms with Crippen molar-refractivity contribution >= 4 is 5.91 Å². The van der Waals surface area contributed by atoms with Crippen molar-refractivity contribution < 1.29 is 4.79 Å². The molecule has 1 aromatic rings. The maximum absolute atomic E-state index is 11.8. The van der Waals surface area contributed by atoms with Crippen molar-refractivity contribution in [2.75, 3.05) is 13.6 Å². The summed E-state index contributed by atoms with van der Waals surface area (Å²) in [5.74, 6) is -0.0528. The minimum absolute atomic E-state index is 0.0393. The largest absolute Gasteiger partial charge is 0.336 e. The fourth-order valence-corrected chi connectivity index (χ4v) is 1.12. The Kier molecular flexibility index (Phi) is 3.24. The lowest BCUT2D eigenvalue weighted by Gasteiger charge is -2.23. The zero-order valence-corrected chi connectivity index (χ0v) is 8.77. The molecule has 0 spiro atoms. The quantitative estimate of drug-likeness (QED) is 0.730. The molecule has 1 rings (SSSR count). The van der Waals surface area contributed by atoms with Gasteiger partial charge in [-0.3, -0.25) is 9.48 Å². The van der Waals surface area contributed by atoms with Gasteiger partial charge in [0, 0.05) is 32.9 Å². The third-order valence-corrected chi connectivity index (χ3v) is 2.36. The summed E-state index contributed by atoms with van der Waals surface area (Å²) in [6.07, 6.45) is 1.61. The van der Waals surface area contributed by atoms with Crippen molar-refractivity contribution in [3.05, 3.63) is 18.0 Å². The van der Waals surface area contributed by atoms with Crippen LogP contribution in [0.3, 0.4) is 0 Å². The maximum Gasteiger partial charge on any atom is 0.272 e. The number of rotatable bonds is 3. The minimum Gasteiger partial charge on any atom is -0.336 e. The Morgan fingerprint density at radius 2 is 2.43 bits per heavy atom. The van der Waals surface area contributed by atoms with Crippen molar-refractivity contribution in [1.82, 2.24) is 14.7 Å². The van der Waals surface area contributed by atoms with E-state index in [1.54, 1.807) is 35.9 Å². The molecule has 0 aromatic carbocycles. The molecular weight excluding hydrogens is 180 g/mol. The number of hydrogen-bond donors (Lipinski definition) is 1. The van der Waals surface area contributed by atoms with Gasteiger partial charge in [-0.1, -0.05) is 0 Å². The van der Waals surface area contributed by atoms with Crippen LogP contribution in [0, 0.1) is 0 Å². The molecule has 0 saturated heterocycles. The SMILES string of the molecule is CC(CN)N(C)C(=O)c1ccnn1C. The Bertz CT molecular complexity index is 320. The van der Waals surface area contributed by atoms with Crippen molar-refractivity contribution in [2.24, 2.45) is 12.8 Å². The van der Waals surface area contributed by atoms with Gasteiger partial charge in [0.25, 0.3) is 5.91 Å². The van der Waals surface area contributed by atoms with Gasteiger partial charge >= 0.3 is 0 Å². The maximum atomic E-state index is 11.8.